The molecule has 3 aromatic rings. The summed E-state index contributed by atoms with van der Waals surface area (Å²) in [6, 6.07) is 15.0. The number of rotatable bonds is 5. The second-order valence-corrected chi connectivity index (χ2v) is 9.26. The van der Waals surface area contributed by atoms with Crippen LogP contribution in [0.5, 0.6) is 5.75 Å². The van der Waals surface area contributed by atoms with Gasteiger partial charge < -0.3 is 10.0 Å². The molecule has 0 spiro atoms. The number of aryl methyl sites for hydroxylation is 2. The molecule has 2 aliphatic rings. The molecule has 4 atom stereocenters. The second kappa shape index (κ2) is 8.78. The van der Waals surface area contributed by atoms with E-state index in [4.69, 9.17) is 11.6 Å². The number of nitrogens with zero attached hydrogens (tertiary/aromatic N) is 2. The Hall–Kier alpha value is -2.93. The van der Waals surface area contributed by atoms with Crippen LogP contribution in [0.1, 0.15) is 46.8 Å². The number of halogens is 1. The van der Waals surface area contributed by atoms with Gasteiger partial charge in [0.05, 0.1) is 12.1 Å². The second-order valence-electron chi connectivity index (χ2n) is 8.85. The van der Waals surface area contributed by atoms with Gasteiger partial charge in [-0.05, 0) is 53.8 Å². The SMILES string of the molecule is CCc1ccc(C2C3C(NNC3c3cc(Cl)c(C)cc3O)C(=O)N2Cc2cccnc2)cc1. The van der Waals surface area contributed by atoms with Crippen molar-refractivity contribution >= 4 is 17.5 Å². The van der Waals surface area contributed by atoms with Gasteiger partial charge in [-0.3, -0.25) is 9.78 Å². The van der Waals surface area contributed by atoms with Crippen LogP contribution >= 0.6 is 11.6 Å². The highest BCUT2D eigenvalue weighted by molar-refractivity contribution is 6.31. The average Bonchev–Trinajstić information content (AvgIpc) is 3.36. The molecule has 0 radical (unpaired) electrons. The molecule has 1 amide bonds. The Bertz CT molecular complexity index is 1170. The Labute approximate surface area is 198 Å². The molecule has 1 aromatic heterocycles. The topological polar surface area (TPSA) is 77.5 Å². The number of aromatic nitrogens is 1. The fraction of sp³-hybridized carbons (Fsp3) is 0.308. The molecule has 2 aliphatic heterocycles. The van der Waals surface area contributed by atoms with Crippen LogP contribution in [0.3, 0.4) is 0 Å². The van der Waals surface area contributed by atoms with E-state index >= 15 is 0 Å². The number of phenols is 1. The number of benzene rings is 2. The lowest BCUT2D eigenvalue weighted by molar-refractivity contribution is -0.131. The number of fused-ring (bicyclic) bond motifs is 1. The monoisotopic (exact) mass is 462 g/mol. The molecule has 2 saturated heterocycles. The van der Waals surface area contributed by atoms with Crippen molar-refractivity contribution in [2.45, 2.75) is 44.9 Å². The van der Waals surface area contributed by atoms with Gasteiger partial charge in [0.25, 0.3) is 0 Å². The molecule has 0 saturated carbocycles. The molecule has 2 fully saturated rings. The molecule has 7 heteroatoms. The fourth-order valence-corrected chi connectivity index (χ4v) is 5.28. The van der Waals surface area contributed by atoms with E-state index in [2.05, 4.69) is 47.0 Å². The summed E-state index contributed by atoms with van der Waals surface area (Å²) in [6.45, 7) is 4.46. The first-order valence-electron chi connectivity index (χ1n) is 11.3. The van der Waals surface area contributed by atoms with E-state index in [-0.39, 0.29) is 29.7 Å². The number of carbonyl (C=O) groups is 1. The molecule has 5 rings (SSSR count). The van der Waals surface area contributed by atoms with Gasteiger partial charge in [0.2, 0.25) is 5.91 Å². The van der Waals surface area contributed by atoms with Crippen molar-refractivity contribution in [2.24, 2.45) is 5.92 Å². The molecular formula is C26H27ClN4O2. The summed E-state index contributed by atoms with van der Waals surface area (Å²) < 4.78 is 0. The minimum Gasteiger partial charge on any atom is -0.508 e. The van der Waals surface area contributed by atoms with E-state index in [0.29, 0.717) is 17.1 Å². The third-order valence-electron chi connectivity index (χ3n) is 6.86. The molecule has 170 valence electrons. The molecule has 0 bridgehead atoms. The highest BCUT2D eigenvalue weighted by Crippen LogP contribution is 2.49. The van der Waals surface area contributed by atoms with E-state index < -0.39 is 6.04 Å². The normalized spacial score (nSPS) is 24.3. The number of nitrogens with one attached hydrogen (secondary N) is 2. The van der Waals surface area contributed by atoms with E-state index in [9.17, 15) is 9.90 Å². The maximum atomic E-state index is 13.6. The zero-order valence-electron chi connectivity index (χ0n) is 18.6. The Balaban J connectivity index is 1.58. The van der Waals surface area contributed by atoms with Crippen molar-refractivity contribution < 1.29 is 9.90 Å². The number of hydrogen-bond acceptors (Lipinski definition) is 5. The molecule has 6 nitrogen and oxygen atoms in total. The Morgan fingerprint density at radius 2 is 1.85 bits per heavy atom. The predicted molar refractivity (Wildman–Crippen MR) is 127 cm³/mol. The molecule has 33 heavy (non-hydrogen) atoms. The summed E-state index contributed by atoms with van der Waals surface area (Å²) in [5.41, 5.74) is 11.3. The van der Waals surface area contributed by atoms with Crippen LogP contribution in [-0.4, -0.2) is 26.9 Å². The molecule has 3 heterocycles. The fourth-order valence-electron chi connectivity index (χ4n) is 5.11. The van der Waals surface area contributed by atoms with Crippen LogP contribution in [-0.2, 0) is 17.8 Å². The van der Waals surface area contributed by atoms with Gasteiger partial charge >= 0.3 is 0 Å². The van der Waals surface area contributed by atoms with Crippen molar-refractivity contribution in [1.82, 2.24) is 20.7 Å². The van der Waals surface area contributed by atoms with E-state index in [0.717, 1.165) is 23.1 Å². The Kier molecular flexibility index (Phi) is 5.83. The third-order valence-corrected chi connectivity index (χ3v) is 7.27. The lowest BCUT2D eigenvalue weighted by atomic mass is 9.82. The van der Waals surface area contributed by atoms with Crippen LogP contribution in [0.4, 0.5) is 0 Å². The van der Waals surface area contributed by atoms with Crippen molar-refractivity contribution in [3.8, 4) is 5.75 Å². The molecular weight excluding hydrogens is 436 g/mol. The van der Waals surface area contributed by atoms with Crippen molar-refractivity contribution in [3.63, 3.8) is 0 Å². The predicted octanol–water partition coefficient (Wildman–Crippen LogP) is 4.23. The van der Waals surface area contributed by atoms with Crippen LogP contribution in [0.25, 0.3) is 0 Å². The number of carbonyl (C=O) groups excluding carboxylic acids is 1. The summed E-state index contributed by atoms with van der Waals surface area (Å²) >= 11 is 6.41. The van der Waals surface area contributed by atoms with E-state index in [1.165, 1.54) is 5.56 Å². The summed E-state index contributed by atoms with van der Waals surface area (Å²) in [5, 5.41) is 11.3. The number of hydrogen-bond donors (Lipinski definition) is 3. The first-order chi connectivity index (χ1) is 16.0. The summed E-state index contributed by atoms with van der Waals surface area (Å²) in [4.78, 5) is 19.7. The van der Waals surface area contributed by atoms with Gasteiger partial charge in [-0.2, -0.15) is 0 Å². The highest BCUT2D eigenvalue weighted by atomic mass is 35.5. The van der Waals surface area contributed by atoms with Crippen molar-refractivity contribution in [1.29, 1.82) is 0 Å². The van der Waals surface area contributed by atoms with Gasteiger partial charge in [-0.25, -0.2) is 10.9 Å². The van der Waals surface area contributed by atoms with Gasteiger partial charge in [-0.15, -0.1) is 0 Å². The quantitative estimate of drug-likeness (QED) is 0.529. The van der Waals surface area contributed by atoms with Gasteiger partial charge in [0.1, 0.15) is 11.8 Å². The van der Waals surface area contributed by atoms with E-state index in [1.807, 2.05) is 24.0 Å². The molecule has 0 aliphatic carbocycles. The summed E-state index contributed by atoms with van der Waals surface area (Å²) in [6.07, 6.45) is 4.49. The first-order valence-corrected chi connectivity index (χ1v) is 11.6. The Morgan fingerprint density at radius 1 is 1.09 bits per heavy atom. The van der Waals surface area contributed by atoms with Gasteiger partial charge in [-0.1, -0.05) is 48.9 Å². The van der Waals surface area contributed by atoms with Crippen LogP contribution in [0, 0.1) is 12.8 Å². The van der Waals surface area contributed by atoms with Crippen LogP contribution in [0.15, 0.2) is 60.9 Å². The van der Waals surface area contributed by atoms with Gasteiger partial charge in [0, 0.05) is 35.4 Å². The number of phenolic OH excluding ortho intramolecular Hbond substituents is 1. The number of hydrazine groups is 1. The smallest absolute Gasteiger partial charge is 0.242 e. The van der Waals surface area contributed by atoms with Crippen molar-refractivity contribution in [2.75, 3.05) is 0 Å². The molecule has 4 unspecified atom stereocenters. The lowest BCUT2D eigenvalue weighted by Gasteiger charge is -2.31. The zero-order valence-corrected chi connectivity index (χ0v) is 19.4. The molecule has 2 aromatic carbocycles. The summed E-state index contributed by atoms with van der Waals surface area (Å²) in [7, 11) is 0. The minimum absolute atomic E-state index is 0.0288. The highest BCUT2D eigenvalue weighted by Gasteiger charge is 2.55. The number of pyridine rings is 1. The largest absolute Gasteiger partial charge is 0.508 e. The average molecular weight is 463 g/mol. The third kappa shape index (κ3) is 3.88. The maximum absolute atomic E-state index is 13.6. The Morgan fingerprint density at radius 3 is 2.55 bits per heavy atom. The number of aromatic hydroxyl groups is 1. The lowest BCUT2D eigenvalue weighted by Crippen LogP contribution is -2.41. The zero-order chi connectivity index (χ0) is 23.1. The van der Waals surface area contributed by atoms with Gasteiger partial charge in [0.15, 0.2) is 0 Å². The standard InChI is InChI=1S/C26H27ClN4O2/c1-3-16-6-8-18(9-7-16)25-22-23(19-12-20(27)15(2)11-21(19)32)29-30-24(22)26(33)31(25)14-17-5-4-10-28-13-17/h4-13,22-25,29-30,32H,3,14H2,1-2H3. The summed E-state index contributed by atoms with van der Waals surface area (Å²) in [5.74, 6) is 0.0718. The van der Waals surface area contributed by atoms with Crippen LogP contribution < -0.4 is 10.9 Å². The minimum atomic E-state index is -0.415. The number of amides is 1. The van der Waals surface area contributed by atoms with Crippen molar-refractivity contribution in [3.05, 3.63) is 93.8 Å². The maximum Gasteiger partial charge on any atom is 0.242 e. The molecule has 3 N–H and O–H groups in total. The van der Waals surface area contributed by atoms with Crippen LogP contribution in [0.2, 0.25) is 5.02 Å². The van der Waals surface area contributed by atoms with E-state index in [1.54, 1.807) is 24.5 Å². The first kappa shape index (κ1) is 21.9. The number of likely N-dealkylation sites (tertiary alicyclic amines) is 1.